The average molecular weight is 576 g/mol. The number of hydrogen-bond donors (Lipinski definition) is 2. The monoisotopic (exact) mass is 575 g/mol. The SMILES string of the molecule is C=CCN(C)CC1OC(c2ccc(NC(=O)C3CCCN3C(=O)C(F)(F)F)cc2)OC(c2ccc(CO)cc2)C1C. The van der Waals surface area contributed by atoms with Gasteiger partial charge in [-0.3, -0.25) is 9.59 Å². The molecule has 0 saturated carbocycles. The van der Waals surface area contributed by atoms with Crippen LogP contribution in [0.25, 0.3) is 0 Å². The molecule has 11 heteroatoms. The molecule has 0 radical (unpaired) electrons. The normalized spacial score (nSPS) is 24.9. The van der Waals surface area contributed by atoms with E-state index in [1.165, 1.54) is 0 Å². The molecule has 0 aromatic heterocycles. The van der Waals surface area contributed by atoms with Gasteiger partial charge in [0.25, 0.3) is 0 Å². The zero-order valence-electron chi connectivity index (χ0n) is 23.1. The number of carbonyl (C=O) groups is 2. The van der Waals surface area contributed by atoms with Crippen LogP contribution in [0, 0.1) is 5.92 Å². The molecule has 4 rings (SSSR count). The molecule has 2 aliphatic heterocycles. The number of hydrogen-bond acceptors (Lipinski definition) is 6. The van der Waals surface area contributed by atoms with Gasteiger partial charge < -0.3 is 29.7 Å². The number of rotatable bonds is 9. The smallest absolute Gasteiger partial charge is 0.392 e. The van der Waals surface area contributed by atoms with Crippen molar-refractivity contribution in [1.29, 1.82) is 0 Å². The second kappa shape index (κ2) is 13.2. The van der Waals surface area contributed by atoms with Crippen LogP contribution in [0.2, 0.25) is 0 Å². The summed E-state index contributed by atoms with van der Waals surface area (Å²) in [5, 5.41) is 12.1. The van der Waals surface area contributed by atoms with Crippen molar-refractivity contribution in [2.24, 2.45) is 5.92 Å². The number of aliphatic hydroxyl groups is 1. The van der Waals surface area contributed by atoms with E-state index < -0.39 is 30.3 Å². The van der Waals surface area contributed by atoms with E-state index in [1.807, 2.05) is 37.4 Å². The minimum atomic E-state index is -5.03. The molecular formula is C30H36F3N3O5. The van der Waals surface area contributed by atoms with E-state index in [9.17, 15) is 27.9 Å². The van der Waals surface area contributed by atoms with Crippen LogP contribution in [0.5, 0.6) is 0 Å². The Kier molecular flexibility index (Phi) is 9.85. The van der Waals surface area contributed by atoms with E-state index in [1.54, 1.807) is 24.3 Å². The molecule has 222 valence electrons. The lowest BCUT2D eigenvalue weighted by atomic mass is 9.90. The van der Waals surface area contributed by atoms with Gasteiger partial charge in [-0.1, -0.05) is 49.4 Å². The van der Waals surface area contributed by atoms with Crippen LogP contribution in [0.15, 0.2) is 61.2 Å². The molecule has 2 N–H and O–H groups in total. The zero-order chi connectivity index (χ0) is 29.7. The van der Waals surface area contributed by atoms with Gasteiger partial charge in [0, 0.05) is 36.8 Å². The molecule has 2 heterocycles. The third-order valence-corrected chi connectivity index (χ3v) is 7.56. The Balaban J connectivity index is 1.49. The second-order valence-corrected chi connectivity index (χ2v) is 10.6. The van der Waals surface area contributed by atoms with Gasteiger partial charge in [-0.2, -0.15) is 13.2 Å². The molecule has 2 aromatic carbocycles. The van der Waals surface area contributed by atoms with Crippen LogP contribution in [-0.2, 0) is 25.7 Å². The Morgan fingerprint density at radius 3 is 2.39 bits per heavy atom. The lowest BCUT2D eigenvalue weighted by Gasteiger charge is -2.42. The largest absolute Gasteiger partial charge is 0.471 e. The van der Waals surface area contributed by atoms with Crippen LogP contribution in [0.1, 0.15) is 48.8 Å². The molecule has 0 spiro atoms. The highest BCUT2D eigenvalue weighted by molar-refractivity contribution is 5.98. The Bertz CT molecular complexity index is 1210. The van der Waals surface area contributed by atoms with Gasteiger partial charge >= 0.3 is 12.1 Å². The minimum Gasteiger partial charge on any atom is -0.392 e. The van der Waals surface area contributed by atoms with Crippen LogP contribution < -0.4 is 5.32 Å². The molecule has 8 nitrogen and oxygen atoms in total. The molecule has 2 amide bonds. The molecule has 5 atom stereocenters. The van der Waals surface area contributed by atoms with E-state index in [4.69, 9.17) is 9.47 Å². The van der Waals surface area contributed by atoms with Crippen LogP contribution in [0.3, 0.4) is 0 Å². The maximum atomic E-state index is 13.0. The molecule has 5 unspecified atom stereocenters. The van der Waals surface area contributed by atoms with Gasteiger partial charge in [-0.15, -0.1) is 6.58 Å². The molecule has 41 heavy (non-hydrogen) atoms. The summed E-state index contributed by atoms with van der Waals surface area (Å²) in [6, 6.07) is 13.2. The summed E-state index contributed by atoms with van der Waals surface area (Å²) in [4.78, 5) is 27.2. The fourth-order valence-electron chi connectivity index (χ4n) is 5.32. The van der Waals surface area contributed by atoms with Gasteiger partial charge in [0.2, 0.25) is 5.91 Å². The highest BCUT2D eigenvalue weighted by Gasteiger charge is 2.47. The first-order valence-electron chi connectivity index (χ1n) is 13.6. The van der Waals surface area contributed by atoms with Crippen LogP contribution >= 0.6 is 0 Å². The van der Waals surface area contributed by atoms with Gasteiger partial charge in [0.1, 0.15) is 6.04 Å². The molecular weight excluding hydrogens is 539 g/mol. The van der Waals surface area contributed by atoms with Gasteiger partial charge in [0.15, 0.2) is 6.29 Å². The average Bonchev–Trinajstić information content (AvgIpc) is 3.44. The Labute approximate surface area is 237 Å². The predicted octanol–water partition coefficient (Wildman–Crippen LogP) is 4.58. The first kappa shape index (κ1) is 30.7. The molecule has 2 aromatic rings. The number of likely N-dealkylation sites (N-methyl/N-ethyl adjacent to an activating group) is 1. The van der Waals surface area contributed by atoms with Gasteiger partial charge in [0.05, 0.1) is 18.8 Å². The number of nitrogens with one attached hydrogen (secondary N) is 1. The fraction of sp³-hybridized carbons (Fsp3) is 0.467. The van der Waals surface area contributed by atoms with E-state index in [0.29, 0.717) is 35.7 Å². The summed E-state index contributed by atoms with van der Waals surface area (Å²) in [6.07, 6.45) is -3.91. The number of anilines is 1. The first-order chi connectivity index (χ1) is 19.5. The highest BCUT2D eigenvalue weighted by Crippen LogP contribution is 2.42. The topological polar surface area (TPSA) is 91.3 Å². The van der Waals surface area contributed by atoms with E-state index in [2.05, 4.69) is 23.7 Å². The molecule has 2 aliphatic rings. The molecule has 0 bridgehead atoms. The Morgan fingerprint density at radius 2 is 1.78 bits per heavy atom. The van der Waals surface area contributed by atoms with E-state index in [-0.39, 0.29) is 37.7 Å². The second-order valence-electron chi connectivity index (χ2n) is 10.6. The molecule has 2 fully saturated rings. The van der Waals surface area contributed by atoms with Crippen molar-refractivity contribution in [3.63, 3.8) is 0 Å². The summed E-state index contributed by atoms with van der Waals surface area (Å²) < 4.78 is 51.7. The van der Waals surface area contributed by atoms with Gasteiger partial charge in [-0.05, 0) is 43.1 Å². The van der Waals surface area contributed by atoms with Crippen molar-refractivity contribution in [3.05, 3.63) is 77.9 Å². The predicted molar refractivity (Wildman–Crippen MR) is 147 cm³/mol. The lowest BCUT2D eigenvalue weighted by molar-refractivity contribution is -0.275. The number of alkyl halides is 3. The van der Waals surface area contributed by atoms with E-state index >= 15 is 0 Å². The molecule has 0 aliphatic carbocycles. The summed E-state index contributed by atoms with van der Waals surface area (Å²) in [6.45, 7) is 7.04. The van der Waals surface area contributed by atoms with Crippen molar-refractivity contribution in [2.75, 3.05) is 32.0 Å². The maximum absolute atomic E-state index is 13.0. The fourth-order valence-corrected chi connectivity index (χ4v) is 5.32. The minimum absolute atomic E-state index is 0.00539. The standard InChI is InChI=1S/C30H36F3N3O5/c1-4-15-35(3)17-25-19(2)26(21-9-7-20(18-37)8-10-21)41-28(40-25)22-11-13-23(14-12-22)34-27(38)24-6-5-16-36(24)29(39)30(31,32)33/h4,7-14,19,24-26,28,37H,1,5-6,15-18H2,2-3H3,(H,34,38). The summed E-state index contributed by atoms with van der Waals surface area (Å²) >= 11 is 0. The van der Waals surface area contributed by atoms with Gasteiger partial charge in [-0.25, -0.2) is 0 Å². The number of carbonyl (C=O) groups excluding carboxylic acids is 2. The lowest BCUT2D eigenvalue weighted by Crippen LogP contribution is -2.48. The van der Waals surface area contributed by atoms with Crippen LogP contribution in [-0.4, -0.2) is 71.7 Å². The van der Waals surface area contributed by atoms with Crippen molar-refractivity contribution < 1.29 is 37.3 Å². The Morgan fingerprint density at radius 1 is 1.12 bits per heavy atom. The number of halogens is 3. The number of benzene rings is 2. The number of likely N-dealkylation sites (tertiary alicyclic amines) is 1. The number of nitrogens with zero attached hydrogens (tertiary/aromatic N) is 2. The summed E-state index contributed by atoms with van der Waals surface area (Å²) in [5.74, 6) is -2.66. The Hall–Kier alpha value is -3.25. The highest BCUT2D eigenvalue weighted by atomic mass is 19.4. The number of aliphatic hydroxyl groups excluding tert-OH is 1. The van der Waals surface area contributed by atoms with Crippen molar-refractivity contribution in [3.8, 4) is 0 Å². The van der Waals surface area contributed by atoms with Crippen molar-refractivity contribution in [1.82, 2.24) is 9.80 Å². The summed E-state index contributed by atoms with van der Waals surface area (Å²) in [5.41, 5.74) is 2.84. The van der Waals surface area contributed by atoms with Crippen molar-refractivity contribution >= 4 is 17.5 Å². The first-order valence-corrected chi connectivity index (χ1v) is 13.6. The summed E-state index contributed by atoms with van der Waals surface area (Å²) in [7, 11) is 1.98. The quantitative estimate of drug-likeness (QED) is 0.426. The number of amides is 2. The van der Waals surface area contributed by atoms with E-state index in [0.717, 1.165) is 11.1 Å². The maximum Gasteiger partial charge on any atom is 0.471 e. The zero-order valence-corrected chi connectivity index (χ0v) is 23.1. The molecule has 2 saturated heterocycles. The van der Waals surface area contributed by atoms with Crippen molar-refractivity contribution in [2.45, 2.75) is 57.1 Å². The number of ether oxygens (including phenoxy) is 2. The van der Waals surface area contributed by atoms with Crippen LogP contribution in [0.4, 0.5) is 18.9 Å². The third-order valence-electron chi connectivity index (χ3n) is 7.56. The third kappa shape index (κ3) is 7.34.